The Morgan fingerprint density at radius 3 is 2.86 bits per heavy atom. The molecule has 2 N–H and O–H groups in total. The second-order valence-corrected chi connectivity index (χ2v) is 6.50. The number of nitrogens with zero attached hydrogens (tertiary/aromatic N) is 2. The number of amides is 1. The lowest BCUT2D eigenvalue weighted by molar-refractivity contribution is -0.119. The molecule has 1 amide bonds. The molecule has 21 heavy (non-hydrogen) atoms. The number of hydrogen-bond donors (Lipinski definition) is 2. The van der Waals surface area contributed by atoms with Crippen LogP contribution in [0, 0.1) is 5.92 Å². The average molecular weight is 329 g/mol. The number of fused-ring (bicyclic) bond motifs is 1. The van der Waals surface area contributed by atoms with Crippen molar-refractivity contribution < 1.29 is 4.79 Å². The zero-order chi connectivity index (χ0) is 14.8. The van der Waals surface area contributed by atoms with Gasteiger partial charge in [0.25, 0.3) is 0 Å². The molecule has 1 aliphatic carbocycles. The van der Waals surface area contributed by atoms with E-state index in [0.717, 1.165) is 25.2 Å². The third-order valence-electron chi connectivity index (χ3n) is 4.46. The lowest BCUT2D eigenvalue weighted by Gasteiger charge is -2.39. The minimum Gasteiger partial charge on any atom is -0.308 e. The highest BCUT2D eigenvalue weighted by atomic mass is 35.5. The van der Waals surface area contributed by atoms with Gasteiger partial charge in [-0.05, 0) is 31.6 Å². The summed E-state index contributed by atoms with van der Waals surface area (Å²) in [7, 11) is 0. The van der Waals surface area contributed by atoms with E-state index in [1.54, 1.807) is 0 Å². The predicted octanol–water partition coefficient (Wildman–Crippen LogP) is 3.03. The van der Waals surface area contributed by atoms with Gasteiger partial charge in [-0.25, -0.2) is 9.97 Å². The van der Waals surface area contributed by atoms with Crippen molar-refractivity contribution in [2.45, 2.75) is 50.6 Å². The van der Waals surface area contributed by atoms with Gasteiger partial charge in [0.15, 0.2) is 11.0 Å². The number of hydrogen-bond acceptors (Lipinski definition) is 4. The predicted molar refractivity (Wildman–Crippen MR) is 82.6 cm³/mol. The number of aromatic nitrogens is 2. The molecule has 0 radical (unpaired) electrons. The van der Waals surface area contributed by atoms with Crippen molar-refractivity contribution in [3.8, 4) is 0 Å². The molecule has 1 saturated heterocycles. The summed E-state index contributed by atoms with van der Waals surface area (Å²) in [5.41, 5.74) is 0. The number of piperidine rings is 1. The highest BCUT2D eigenvalue weighted by molar-refractivity contribution is 6.42. The number of halogens is 2. The van der Waals surface area contributed by atoms with Crippen molar-refractivity contribution in [2.75, 3.05) is 5.32 Å². The number of nitrogens with one attached hydrogen (secondary N) is 2. The lowest BCUT2D eigenvalue weighted by atomic mass is 9.77. The van der Waals surface area contributed by atoms with Gasteiger partial charge in [-0.15, -0.1) is 0 Å². The first kappa shape index (κ1) is 15.0. The van der Waals surface area contributed by atoms with Crippen LogP contribution in [0.15, 0.2) is 6.33 Å². The Morgan fingerprint density at radius 2 is 2.00 bits per heavy atom. The molecule has 1 aliphatic heterocycles. The first-order valence-electron chi connectivity index (χ1n) is 7.38. The summed E-state index contributed by atoms with van der Waals surface area (Å²) in [6.45, 7) is 0. The van der Waals surface area contributed by atoms with Crippen LogP contribution in [0.5, 0.6) is 0 Å². The van der Waals surface area contributed by atoms with Gasteiger partial charge in [0.05, 0.1) is 6.04 Å². The van der Waals surface area contributed by atoms with Gasteiger partial charge in [-0.2, -0.15) is 0 Å². The molecule has 2 heterocycles. The van der Waals surface area contributed by atoms with E-state index < -0.39 is 0 Å². The standard InChI is InChI=1S/C14H18Cl2N4O/c15-11-12(16)17-7-18-13(11)20-14(21)10-6-5-8-3-1-2-4-9(8)19-10/h7-10,19H,1-6H2,(H,17,18,20,21). The normalized spacial score (nSPS) is 28.8. The summed E-state index contributed by atoms with van der Waals surface area (Å²) in [6, 6.07) is 0.280. The third kappa shape index (κ3) is 3.30. The van der Waals surface area contributed by atoms with E-state index in [4.69, 9.17) is 23.2 Å². The molecular formula is C14H18Cl2N4O. The van der Waals surface area contributed by atoms with Gasteiger partial charge in [0, 0.05) is 6.04 Å². The maximum Gasteiger partial charge on any atom is 0.242 e. The van der Waals surface area contributed by atoms with E-state index in [2.05, 4.69) is 20.6 Å². The van der Waals surface area contributed by atoms with Crippen LogP contribution >= 0.6 is 23.2 Å². The maximum absolute atomic E-state index is 12.4. The van der Waals surface area contributed by atoms with Crippen LogP contribution in [0.4, 0.5) is 5.82 Å². The van der Waals surface area contributed by atoms with Gasteiger partial charge in [0.1, 0.15) is 11.3 Å². The molecule has 0 bridgehead atoms. The zero-order valence-corrected chi connectivity index (χ0v) is 13.1. The van der Waals surface area contributed by atoms with Crippen LogP contribution in [-0.2, 0) is 4.79 Å². The summed E-state index contributed by atoms with van der Waals surface area (Å²) in [6.07, 6.45) is 8.24. The lowest BCUT2D eigenvalue weighted by Crippen LogP contribution is -2.53. The van der Waals surface area contributed by atoms with Crippen molar-refractivity contribution in [2.24, 2.45) is 5.92 Å². The Bertz CT molecular complexity index is 540. The second-order valence-electron chi connectivity index (χ2n) is 5.76. The fraction of sp³-hybridized carbons (Fsp3) is 0.643. The molecular weight excluding hydrogens is 311 g/mol. The van der Waals surface area contributed by atoms with Crippen molar-refractivity contribution >= 4 is 34.9 Å². The molecule has 3 unspecified atom stereocenters. The summed E-state index contributed by atoms with van der Waals surface area (Å²) in [5.74, 6) is 0.893. The number of rotatable bonds is 2. The average Bonchev–Trinajstić information content (AvgIpc) is 2.51. The van der Waals surface area contributed by atoms with Crippen molar-refractivity contribution in [3.63, 3.8) is 0 Å². The highest BCUT2D eigenvalue weighted by Crippen LogP contribution is 2.32. The van der Waals surface area contributed by atoms with Gasteiger partial charge in [-0.3, -0.25) is 4.79 Å². The Morgan fingerprint density at radius 1 is 1.19 bits per heavy atom. The Balaban J connectivity index is 1.64. The largest absolute Gasteiger partial charge is 0.308 e. The van der Waals surface area contributed by atoms with Crippen LogP contribution in [0.1, 0.15) is 38.5 Å². The van der Waals surface area contributed by atoms with Crippen molar-refractivity contribution in [3.05, 3.63) is 16.5 Å². The summed E-state index contributed by atoms with van der Waals surface area (Å²) in [4.78, 5) is 20.1. The molecule has 2 aliphatic rings. The Kier molecular flexibility index (Phi) is 4.62. The first-order chi connectivity index (χ1) is 10.1. The minimum atomic E-state index is -0.186. The smallest absolute Gasteiger partial charge is 0.242 e. The van der Waals surface area contributed by atoms with Crippen LogP contribution in [0.25, 0.3) is 0 Å². The molecule has 1 saturated carbocycles. The van der Waals surface area contributed by atoms with E-state index in [0.29, 0.717) is 6.04 Å². The molecule has 114 valence electrons. The first-order valence-corrected chi connectivity index (χ1v) is 8.13. The quantitative estimate of drug-likeness (QED) is 0.819. The highest BCUT2D eigenvalue weighted by Gasteiger charge is 2.34. The van der Waals surface area contributed by atoms with Crippen molar-refractivity contribution in [1.29, 1.82) is 0 Å². The van der Waals surface area contributed by atoms with Gasteiger partial charge >= 0.3 is 0 Å². The van der Waals surface area contributed by atoms with Gasteiger partial charge in [-0.1, -0.05) is 36.0 Å². The molecule has 3 atom stereocenters. The Labute approximate surface area is 133 Å². The molecule has 2 fully saturated rings. The summed E-state index contributed by atoms with van der Waals surface area (Å²) in [5, 5.41) is 6.55. The van der Waals surface area contributed by atoms with Crippen molar-refractivity contribution in [1.82, 2.24) is 15.3 Å². The molecule has 0 spiro atoms. The molecule has 1 aromatic heterocycles. The topological polar surface area (TPSA) is 66.9 Å². The van der Waals surface area contributed by atoms with Gasteiger partial charge < -0.3 is 10.6 Å². The number of anilines is 1. The van der Waals surface area contributed by atoms with Crippen LogP contribution in [0.3, 0.4) is 0 Å². The number of carbonyl (C=O) groups is 1. The van der Waals surface area contributed by atoms with Crippen LogP contribution in [-0.4, -0.2) is 28.0 Å². The van der Waals surface area contributed by atoms with Crippen LogP contribution in [0.2, 0.25) is 10.2 Å². The third-order valence-corrected chi connectivity index (χ3v) is 5.20. The summed E-state index contributed by atoms with van der Waals surface area (Å²) >= 11 is 11.8. The van der Waals surface area contributed by atoms with E-state index in [9.17, 15) is 4.79 Å². The maximum atomic E-state index is 12.4. The van der Waals surface area contributed by atoms with Crippen LogP contribution < -0.4 is 10.6 Å². The minimum absolute atomic E-state index is 0.101. The van der Waals surface area contributed by atoms with E-state index >= 15 is 0 Å². The van der Waals surface area contributed by atoms with Gasteiger partial charge in [0.2, 0.25) is 5.91 Å². The molecule has 0 aromatic carbocycles. The molecule has 3 rings (SSSR count). The fourth-order valence-corrected chi connectivity index (χ4v) is 3.62. The van der Waals surface area contributed by atoms with E-state index in [1.165, 1.54) is 25.6 Å². The SMILES string of the molecule is O=C(Nc1ncnc(Cl)c1Cl)C1CCC2CCCCC2N1. The molecule has 7 heteroatoms. The zero-order valence-electron chi connectivity index (χ0n) is 11.6. The number of carbonyl (C=O) groups excluding carboxylic acids is 1. The summed E-state index contributed by atoms with van der Waals surface area (Å²) < 4.78 is 0. The van der Waals surface area contributed by atoms with E-state index in [1.807, 2.05) is 0 Å². The molecule has 5 nitrogen and oxygen atoms in total. The fourth-order valence-electron chi connectivity index (χ4n) is 3.34. The molecule has 1 aromatic rings. The second kappa shape index (κ2) is 6.46. The monoisotopic (exact) mass is 328 g/mol. The van der Waals surface area contributed by atoms with E-state index in [-0.39, 0.29) is 27.9 Å². The Hall–Kier alpha value is -0.910.